The zero-order valence-electron chi connectivity index (χ0n) is 19.8. The number of aryl methyl sites for hydroxylation is 1. The van der Waals surface area contributed by atoms with Crippen molar-refractivity contribution < 1.29 is 14.2 Å². The van der Waals surface area contributed by atoms with Crippen LogP contribution in [0, 0.1) is 6.92 Å². The highest BCUT2D eigenvalue weighted by molar-refractivity contribution is 7.15. The Morgan fingerprint density at radius 3 is 2.86 bits per heavy atom. The summed E-state index contributed by atoms with van der Waals surface area (Å²) in [5.41, 5.74) is 3.49. The molecule has 5 heterocycles. The molecule has 1 fully saturated rings. The maximum absolute atomic E-state index is 5.58. The van der Waals surface area contributed by atoms with E-state index in [-0.39, 0.29) is 6.79 Å². The lowest BCUT2D eigenvalue weighted by Crippen LogP contribution is -2.37. The minimum absolute atomic E-state index is 0.264. The quantitative estimate of drug-likeness (QED) is 0.260. The molecule has 4 aromatic rings. The molecular formula is C23H28N8O3S. The van der Waals surface area contributed by atoms with Crippen LogP contribution in [0.5, 0.6) is 0 Å². The Morgan fingerprint density at radius 2 is 2.06 bits per heavy atom. The van der Waals surface area contributed by atoms with E-state index in [1.165, 1.54) is 11.3 Å². The van der Waals surface area contributed by atoms with Gasteiger partial charge in [0.05, 0.1) is 43.3 Å². The number of hydrogen-bond acceptors (Lipinski definition) is 11. The molecule has 0 amide bonds. The molecule has 5 rings (SSSR count). The smallest absolute Gasteiger partial charge is 0.233 e. The average molecular weight is 497 g/mol. The lowest BCUT2D eigenvalue weighted by Gasteiger charge is -2.28. The second kappa shape index (κ2) is 11.0. The molecule has 0 saturated carbocycles. The number of thiazole rings is 1. The van der Waals surface area contributed by atoms with Crippen LogP contribution in [0.25, 0.3) is 11.2 Å². The number of ether oxygens (including phenoxy) is 3. The molecule has 0 radical (unpaired) electrons. The molecule has 1 aliphatic heterocycles. The van der Waals surface area contributed by atoms with Crippen molar-refractivity contribution in [3.05, 3.63) is 47.0 Å². The summed E-state index contributed by atoms with van der Waals surface area (Å²) in [7, 11) is 0. The summed E-state index contributed by atoms with van der Waals surface area (Å²) in [6, 6.07) is 3.96. The summed E-state index contributed by atoms with van der Waals surface area (Å²) in [5.74, 6) is 1.27. The van der Waals surface area contributed by atoms with E-state index in [1.54, 1.807) is 12.5 Å². The first kappa shape index (κ1) is 23.5. The molecule has 0 atom stereocenters. The van der Waals surface area contributed by atoms with Crippen LogP contribution in [0.15, 0.2) is 30.9 Å². The van der Waals surface area contributed by atoms with Crippen molar-refractivity contribution >= 4 is 39.4 Å². The van der Waals surface area contributed by atoms with Gasteiger partial charge in [-0.3, -0.25) is 10.3 Å². The van der Waals surface area contributed by atoms with E-state index in [4.69, 9.17) is 24.2 Å². The Balaban J connectivity index is 1.45. The van der Waals surface area contributed by atoms with Gasteiger partial charge in [-0.1, -0.05) is 17.4 Å². The topological polar surface area (TPSA) is 112 Å². The largest absolute Gasteiger partial charge is 0.378 e. The lowest BCUT2D eigenvalue weighted by atomic mass is 10.3. The molecule has 184 valence electrons. The summed E-state index contributed by atoms with van der Waals surface area (Å²) in [4.78, 5) is 26.4. The highest BCUT2D eigenvalue weighted by atomic mass is 32.1. The van der Waals surface area contributed by atoms with Gasteiger partial charge < -0.3 is 23.7 Å². The van der Waals surface area contributed by atoms with E-state index in [1.807, 2.05) is 36.7 Å². The highest BCUT2D eigenvalue weighted by Crippen LogP contribution is 2.29. The third-order valence-corrected chi connectivity index (χ3v) is 6.59. The number of aromatic nitrogens is 6. The standard InChI is InChI=1S/C23H28N8O3S/c1-3-32-15-34-13-18-16(2)26-23(35-18)29-22-27-20(30-7-9-33-10-8-30)19-21(28-22)31(14-25-19)12-17-5-4-6-24-11-17/h4-6,11,14H,3,7-10,12-13,15H2,1-2H3,(H,26,27,28,29). The van der Waals surface area contributed by atoms with Crippen molar-refractivity contribution in [1.29, 1.82) is 0 Å². The van der Waals surface area contributed by atoms with Gasteiger partial charge in [-0.15, -0.1) is 0 Å². The number of hydrogen-bond donors (Lipinski definition) is 1. The zero-order valence-corrected chi connectivity index (χ0v) is 20.6. The van der Waals surface area contributed by atoms with Crippen molar-refractivity contribution in [2.75, 3.05) is 49.9 Å². The van der Waals surface area contributed by atoms with Gasteiger partial charge in [-0.2, -0.15) is 9.97 Å². The van der Waals surface area contributed by atoms with Crippen molar-refractivity contribution in [1.82, 2.24) is 29.5 Å². The summed E-state index contributed by atoms with van der Waals surface area (Å²) >= 11 is 1.52. The van der Waals surface area contributed by atoms with Gasteiger partial charge in [0.1, 0.15) is 6.79 Å². The van der Waals surface area contributed by atoms with Crippen LogP contribution in [-0.4, -0.2) is 69.2 Å². The predicted molar refractivity (Wildman–Crippen MR) is 133 cm³/mol. The van der Waals surface area contributed by atoms with Crippen LogP contribution in [-0.2, 0) is 27.4 Å². The van der Waals surface area contributed by atoms with Gasteiger partial charge >= 0.3 is 0 Å². The number of pyridine rings is 1. The van der Waals surface area contributed by atoms with Crippen molar-refractivity contribution in [3.8, 4) is 0 Å². The van der Waals surface area contributed by atoms with Gasteiger partial charge in [-0.05, 0) is 25.5 Å². The van der Waals surface area contributed by atoms with Crippen LogP contribution in [0.1, 0.15) is 23.1 Å². The van der Waals surface area contributed by atoms with Gasteiger partial charge in [-0.25, -0.2) is 9.97 Å². The lowest BCUT2D eigenvalue weighted by molar-refractivity contribution is -0.0565. The summed E-state index contributed by atoms with van der Waals surface area (Å²) in [6.45, 7) is 8.65. The first-order valence-corrected chi connectivity index (χ1v) is 12.4. The van der Waals surface area contributed by atoms with Crippen LogP contribution in [0.4, 0.5) is 16.9 Å². The summed E-state index contributed by atoms with van der Waals surface area (Å²) < 4.78 is 18.4. The molecule has 12 heteroatoms. The van der Waals surface area contributed by atoms with Crippen molar-refractivity contribution in [3.63, 3.8) is 0 Å². The monoisotopic (exact) mass is 496 g/mol. The number of nitrogens with one attached hydrogen (secondary N) is 1. The normalized spacial score (nSPS) is 14.1. The third kappa shape index (κ3) is 5.56. The number of nitrogens with zero attached hydrogens (tertiary/aromatic N) is 7. The molecular weight excluding hydrogens is 468 g/mol. The van der Waals surface area contributed by atoms with Crippen LogP contribution >= 0.6 is 11.3 Å². The number of rotatable bonds is 10. The average Bonchev–Trinajstić information content (AvgIpc) is 3.45. The van der Waals surface area contributed by atoms with Crippen LogP contribution in [0.3, 0.4) is 0 Å². The maximum atomic E-state index is 5.58. The van der Waals surface area contributed by atoms with Crippen molar-refractivity contribution in [2.24, 2.45) is 0 Å². The molecule has 0 aromatic carbocycles. The van der Waals surface area contributed by atoms with Gasteiger partial charge in [0.25, 0.3) is 0 Å². The van der Waals surface area contributed by atoms with E-state index in [2.05, 4.69) is 25.2 Å². The first-order chi connectivity index (χ1) is 17.2. The Labute approximate surface area is 207 Å². The van der Waals surface area contributed by atoms with Crippen LogP contribution in [0.2, 0.25) is 0 Å². The Hall–Kier alpha value is -3.19. The summed E-state index contributed by atoms with van der Waals surface area (Å²) in [5, 5.41) is 4.02. The fourth-order valence-electron chi connectivity index (χ4n) is 3.77. The second-order valence-corrected chi connectivity index (χ2v) is 9.07. The molecule has 1 saturated heterocycles. The number of morpholine rings is 1. The minimum atomic E-state index is 0.264. The number of anilines is 3. The van der Waals surface area contributed by atoms with Crippen molar-refractivity contribution in [2.45, 2.75) is 27.0 Å². The Kier molecular flexibility index (Phi) is 7.42. The second-order valence-electron chi connectivity index (χ2n) is 7.99. The third-order valence-electron chi connectivity index (χ3n) is 5.55. The van der Waals surface area contributed by atoms with Gasteiger partial charge in [0.15, 0.2) is 22.1 Å². The Morgan fingerprint density at radius 1 is 1.17 bits per heavy atom. The Bertz CT molecular complexity index is 1260. The highest BCUT2D eigenvalue weighted by Gasteiger charge is 2.21. The van der Waals surface area contributed by atoms with Crippen LogP contribution < -0.4 is 10.2 Å². The molecule has 35 heavy (non-hydrogen) atoms. The predicted octanol–water partition coefficient (Wildman–Crippen LogP) is 3.13. The van der Waals surface area contributed by atoms with E-state index in [0.29, 0.717) is 44.1 Å². The summed E-state index contributed by atoms with van der Waals surface area (Å²) in [6.07, 6.45) is 5.42. The molecule has 0 spiro atoms. The first-order valence-electron chi connectivity index (χ1n) is 11.5. The maximum Gasteiger partial charge on any atom is 0.233 e. The molecule has 1 aliphatic rings. The molecule has 0 aliphatic carbocycles. The van der Waals surface area contributed by atoms with E-state index < -0.39 is 0 Å². The van der Waals surface area contributed by atoms with E-state index in [9.17, 15) is 0 Å². The zero-order chi connectivity index (χ0) is 24.0. The SMILES string of the molecule is CCOCOCc1sc(Nc2nc(N3CCOCC3)c3ncn(Cc4cccnc4)c3n2)nc1C. The molecule has 4 aromatic heterocycles. The van der Waals surface area contributed by atoms with E-state index >= 15 is 0 Å². The van der Waals surface area contributed by atoms with Gasteiger partial charge in [0.2, 0.25) is 5.95 Å². The fraction of sp³-hybridized carbons (Fsp3) is 0.435. The molecule has 0 unspecified atom stereocenters. The van der Waals surface area contributed by atoms with E-state index in [0.717, 1.165) is 46.2 Å². The number of fused-ring (bicyclic) bond motifs is 1. The van der Waals surface area contributed by atoms with Gasteiger partial charge in [0, 0.05) is 32.1 Å². The molecule has 1 N–H and O–H groups in total. The fourth-order valence-corrected chi connectivity index (χ4v) is 4.67. The minimum Gasteiger partial charge on any atom is -0.378 e. The number of imidazole rings is 1. The molecule has 11 nitrogen and oxygen atoms in total. The molecule has 0 bridgehead atoms.